The third-order valence-electron chi connectivity index (χ3n) is 3.18. The van der Waals surface area contributed by atoms with E-state index < -0.39 is 0 Å². The van der Waals surface area contributed by atoms with Crippen LogP contribution in [0, 0.1) is 6.92 Å². The minimum absolute atomic E-state index is 0.119. The largest absolute Gasteiger partial charge is 0.375 e. The molecule has 0 fully saturated rings. The van der Waals surface area contributed by atoms with Gasteiger partial charge in [-0.05, 0) is 23.5 Å². The first-order chi connectivity index (χ1) is 10.3. The molecule has 1 aromatic heterocycles. The molecular weight excluding hydrogens is 296 g/mol. The number of carbonyl (C=O) groups is 1. The molecular formula is C16H20N4OS. The predicted octanol–water partition coefficient (Wildman–Crippen LogP) is 3.10. The Balaban J connectivity index is 2.01. The van der Waals surface area contributed by atoms with Crippen molar-refractivity contribution in [1.29, 1.82) is 0 Å². The standard InChI is InChI=1S/C16H20N4OS/c1-10-13(22-15(17)19-10)14(21)20-18-9-11-5-7-12(8-6-11)16(2,3)4/h5-9H,1-4H3,(H2,17,19)(H,20,21). The number of amides is 1. The molecule has 2 rings (SSSR count). The average Bonchev–Trinajstić information content (AvgIpc) is 2.77. The lowest BCUT2D eigenvalue weighted by Crippen LogP contribution is -2.17. The summed E-state index contributed by atoms with van der Waals surface area (Å²) in [5.74, 6) is -0.297. The maximum Gasteiger partial charge on any atom is 0.283 e. The van der Waals surface area contributed by atoms with Crippen LogP contribution < -0.4 is 11.2 Å². The number of rotatable bonds is 3. The summed E-state index contributed by atoms with van der Waals surface area (Å²) in [6.07, 6.45) is 1.62. The van der Waals surface area contributed by atoms with Crippen molar-refractivity contribution in [1.82, 2.24) is 10.4 Å². The highest BCUT2D eigenvalue weighted by Gasteiger charge is 2.14. The SMILES string of the molecule is Cc1nc(N)sc1C(=O)NN=Cc1ccc(C(C)(C)C)cc1. The van der Waals surface area contributed by atoms with Crippen LogP contribution in [-0.2, 0) is 5.41 Å². The molecule has 0 atom stereocenters. The molecule has 0 spiro atoms. The number of hydrogen-bond acceptors (Lipinski definition) is 5. The van der Waals surface area contributed by atoms with Gasteiger partial charge in [0, 0.05) is 0 Å². The van der Waals surface area contributed by atoms with Crippen molar-refractivity contribution in [3.8, 4) is 0 Å². The summed E-state index contributed by atoms with van der Waals surface area (Å²) in [7, 11) is 0. The molecule has 6 heteroatoms. The van der Waals surface area contributed by atoms with Crippen LogP contribution in [0.15, 0.2) is 29.4 Å². The molecule has 5 nitrogen and oxygen atoms in total. The molecule has 22 heavy (non-hydrogen) atoms. The van der Waals surface area contributed by atoms with Gasteiger partial charge in [0.1, 0.15) is 4.88 Å². The topological polar surface area (TPSA) is 80.4 Å². The monoisotopic (exact) mass is 316 g/mol. The second kappa shape index (κ2) is 6.27. The van der Waals surface area contributed by atoms with Crippen molar-refractivity contribution in [3.63, 3.8) is 0 Å². The van der Waals surface area contributed by atoms with E-state index in [4.69, 9.17) is 5.73 Å². The van der Waals surface area contributed by atoms with E-state index in [1.807, 2.05) is 12.1 Å². The molecule has 0 aliphatic rings. The molecule has 1 aromatic carbocycles. The number of thiazole rings is 1. The molecule has 0 unspecified atom stereocenters. The number of hydrazone groups is 1. The highest BCUT2D eigenvalue weighted by molar-refractivity contribution is 7.17. The number of carbonyl (C=O) groups excluding carboxylic acids is 1. The van der Waals surface area contributed by atoms with Gasteiger partial charge in [-0.1, -0.05) is 56.4 Å². The van der Waals surface area contributed by atoms with E-state index in [0.717, 1.165) is 16.9 Å². The summed E-state index contributed by atoms with van der Waals surface area (Å²) in [6.45, 7) is 8.24. The van der Waals surface area contributed by atoms with Crippen molar-refractivity contribution in [2.75, 3.05) is 5.73 Å². The molecule has 0 radical (unpaired) electrons. The summed E-state index contributed by atoms with van der Waals surface area (Å²) in [5, 5.41) is 4.35. The molecule has 0 saturated heterocycles. The van der Waals surface area contributed by atoms with Crippen LogP contribution in [0.1, 0.15) is 47.3 Å². The Labute approximate surface area is 134 Å². The van der Waals surface area contributed by atoms with Crippen molar-refractivity contribution < 1.29 is 4.79 Å². The molecule has 3 N–H and O–H groups in total. The Hall–Kier alpha value is -2.21. The van der Waals surface area contributed by atoms with E-state index in [2.05, 4.69) is 48.4 Å². The summed E-state index contributed by atoms with van der Waals surface area (Å²) in [6, 6.07) is 8.09. The summed E-state index contributed by atoms with van der Waals surface area (Å²) in [4.78, 5) is 16.4. The molecule has 0 saturated carbocycles. The van der Waals surface area contributed by atoms with E-state index in [-0.39, 0.29) is 11.3 Å². The number of hydrogen-bond donors (Lipinski definition) is 2. The summed E-state index contributed by atoms with van der Waals surface area (Å²) >= 11 is 1.15. The maximum atomic E-state index is 11.9. The quantitative estimate of drug-likeness (QED) is 0.674. The van der Waals surface area contributed by atoms with Gasteiger partial charge in [0.25, 0.3) is 5.91 Å². The summed E-state index contributed by atoms with van der Waals surface area (Å²) < 4.78 is 0. The van der Waals surface area contributed by atoms with Gasteiger partial charge in [-0.2, -0.15) is 5.10 Å². The first kappa shape index (κ1) is 16.2. The van der Waals surface area contributed by atoms with Crippen LogP contribution in [0.25, 0.3) is 0 Å². The number of aryl methyl sites for hydroxylation is 1. The lowest BCUT2D eigenvalue weighted by Gasteiger charge is -2.18. The predicted molar refractivity (Wildman–Crippen MR) is 91.5 cm³/mol. The smallest absolute Gasteiger partial charge is 0.283 e. The van der Waals surface area contributed by atoms with Crippen LogP contribution >= 0.6 is 11.3 Å². The fourth-order valence-corrected chi connectivity index (χ4v) is 2.64. The van der Waals surface area contributed by atoms with E-state index in [0.29, 0.717) is 15.7 Å². The normalized spacial score (nSPS) is 11.8. The zero-order valence-electron chi connectivity index (χ0n) is 13.2. The van der Waals surface area contributed by atoms with E-state index in [9.17, 15) is 4.79 Å². The second-order valence-electron chi connectivity index (χ2n) is 6.04. The van der Waals surface area contributed by atoms with Crippen LogP contribution in [0.5, 0.6) is 0 Å². The van der Waals surface area contributed by atoms with Crippen LogP contribution in [-0.4, -0.2) is 17.1 Å². The molecule has 2 aromatic rings. The van der Waals surface area contributed by atoms with Crippen molar-refractivity contribution in [2.45, 2.75) is 33.1 Å². The molecule has 0 aliphatic heterocycles. The van der Waals surface area contributed by atoms with E-state index in [1.165, 1.54) is 5.56 Å². The van der Waals surface area contributed by atoms with Gasteiger partial charge >= 0.3 is 0 Å². The van der Waals surface area contributed by atoms with Gasteiger partial charge < -0.3 is 5.73 Å². The Kier molecular flexibility index (Phi) is 4.61. The van der Waals surface area contributed by atoms with E-state index in [1.54, 1.807) is 13.1 Å². The van der Waals surface area contributed by atoms with Gasteiger partial charge in [0.15, 0.2) is 5.13 Å². The number of anilines is 1. The molecule has 116 valence electrons. The van der Waals surface area contributed by atoms with Gasteiger partial charge in [-0.25, -0.2) is 10.4 Å². The minimum atomic E-state index is -0.297. The number of benzene rings is 1. The number of nitrogen functional groups attached to an aromatic ring is 1. The fraction of sp³-hybridized carbons (Fsp3) is 0.312. The fourth-order valence-electron chi connectivity index (χ4n) is 1.91. The van der Waals surface area contributed by atoms with Crippen LogP contribution in [0.4, 0.5) is 5.13 Å². The summed E-state index contributed by atoms with van der Waals surface area (Å²) in [5.41, 5.74) is 11.0. The lowest BCUT2D eigenvalue weighted by molar-refractivity contribution is 0.0958. The molecule has 0 aliphatic carbocycles. The zero-order chi connectivity index (χ0) is 16.3. The maximum absolute atomic E-state index is 11.9. The first-order valence-corrected chi connectivity index (χ1v) is 7.76. The van der Waals surface area contributed by atoms with Crippen molar-refractivity contribution in [2.24, 2.45) is 5.10 Å². The van der Waals surface area contributed by atoms with Crippen molar-refractivity contribution in [3.05, 3.63) is 46.0 Å². The number of nitrogens with two attached hydrogens (primary N) is 1. The minimum Gasteiger partial charge on any atom is -0.375 e. The van der Waals surface area contributed by atoms with E-state index >= 15 is 0 Å². The molecule has 1 heterocycles. The second-order valence-corrected chi connectivity index (χ2v) is 7.07. The van der Waals surface area contributed by atoms with Gasteiger partial charge in [-0.3, -0.25) is 4.79 Å². The highest BCUT2D eigenvalue weighted by Crippen LogP contribution is 2.22. The highest BCUT2D eigenvalue weighted by atomic mass is 32.1. The first-order valence-electron chi connectivity index (χ1n) is 6.94. The Bertz CT molecular complexity index is 696. The zero-order valence-corrected chi connectivity index (χ0v) is 14.0. The Morgan fingerprint density at radius 1 is 1.32 bits per heavy atom. The van der Waals surface area contributed by atoms with Gasteiger partial charge in [-0.15, -0.1) is 0 Å². The number of aromatic nitrogens is 1. The van der Waals surface area contributed by atoms with Crippen molar-refractivity contribution >= 4 is 28.6 Å². The third kappa shape index (κ3) is 3.92. The molecule has 1 amide bonds. The lowest BCUT2D eigenvalue weighted by atomic mass is 9.87. The third-order valence-corrected chi connectivity index (χ3v) is 4.16. The Morgan fingerprint density at radius 2 is 1.95 bits per heavy atom. The van der Waals surface area contributed by atoms with Gasteiger partial charge in [0.05, 0.1) is 11.9 Å². The number of nitrogens with one attached hydrogen (secondary N) is 1. The average molecular weight is 316 g/mol. The Morgan fingerprint density at radius 3 is 2.45 bits per heavy atom. The van der Waals surface area contributed by atoms with Gasteiger partial charge in [0.2, 0.25) is 0 Å². The molecule has 0 bridgehead atoms. The van der Waals surface area contributed by atoms with Crippen LogP contribution in [0.3, 0.4) is 0 Å². The number of nitrogens with zero attached hydrogens (tertiary/aromatic N) is 2. The van der Waals surface area contributed by atoms with Crippen LogP contribution in [0.2, 0.25) is 0 Å².